The maximum Gasteiger partial charge on any atom is 0.0200 e. The van der Waals surface area contributed by atoms with Gasteiger partial charge in [0.15, 0.2) is 0 Å². The summed E-state index contributed by atoms with van der Waals surface area (Å²) in [5.74, 6) is 0. The summed E-state index contributed by atoms with van der Waals surface area (Å²) in [6.45, 7) is 21.4. The number of allylic oxidation sites excluding steroid dienone is 2. The highest BCUT2D eigenvalue weighted by molar-refractivity contribution is 5.76. The molecule has 4 nitrogen and oxygen atoms in total. The molecule has 2 saturated heterocycles. The Labute approximate surface area is 262 Å². The highest BCUT2D eigenvalue weighted by atomic mass is 15.2. The molecule has 0 bridgehead atoms. The van der Waals surface area contributed by atoms with E-state index in [4.69, 9.17) is 0 Å². The molecule has 4 heteroatoms. The van der Waals surface area contributed by atoms with E-state index < -0.39 is 0 Å². The van der Waals surface area contributed by atoms with Gasteiger partial charge in [0.2, 0.25) is 0 Å². The van der Waals surface area contributed by atoms with Crippen molar-refractivity contribution in [1.29, 1.82) is 0 Å². The first-order chi connectivity index (χ1) is 20.6. The summed E-state index contributed by atoms with van der Waals surface area (Å²) in [6.07, 6.45) is 7.44. The van der Waals surface area contributed by atoms with Gasteiger partial charge in [-0.25, -0.2) is 0 Å². The first-order valence-corrected chi connectivity index (χ1v) is 17.1. The minimum Gasteiger partial charge on any atom is -0.314 e. The van der Waals surface area contributed by atoms with Crippen LogP contribution in [0.25, 0.3) is 22.3 Å². The monoisotopic (exact) mass is 580 g/mol. The number of nitrogens with zero attached hydrogens (tertiary/aromatic N) is 3. The Kier molecular flexibility index (Phi) is 9.31. The molecule has 2 aromatic rings. The molecule has 2 heterocycles. The molecule has 0 saturated carbocycles. The molecule has 6 rings (SSSR count). The summed E-state index contributed by atoms with van der Waals surface area (Å²) in [4.78, 5) is 7.79. The van der Waals surface area contributed by atoms with E-state index in [0.29, 0.717) is 10.8 Å². The van der Waals surface area contributed by atoms with Gasteiger partial charge in [0.25, 0.3) is 0 Å². The third kappa shape index (κ3) is 7.71. The van der Waals surface area contributed by atoms with E-state index in [-0.39, 0.29) is 0 Å². The maximum atomic E-state index is 3.51. The van der Waals surface area contributed by atoms with Crippen LogP contribution in [-0.2, 0) is 0 Å². The predicted octanol–water partition coefficient (Wildman–Crippen LogP) is 7.43. The van der Waals surface area contributed by atoms with Gasteiger partial charge in [0.1, 0.15) is 0 Å². The zero-order valence-electron chi connectivity index (χ0n) is 27.8. The van der Waals surface area contributed by atoms with Crippen molar-refractivity contribution < 1.29 is 0 Å². The standard InChI is InChI=1S/C39H56N4/c1-38(2)16-14-34(28-42-20-18-40-19-21-42)36(26-38)32-10-6-30(7-11-32)31-8-12-33(13-9-31)37-27-39(3,4)17-15-35(37)29-43-24-22-41(5)23-25-43/h6-13,40H,14-29H2,1-5H3. The van der Waals surface area contributed by atoms with Gasteiger partial charge in [0.05, 0.1) is 0 Å². The molecule has 0 atom stereocenters. The SMILES string of the molecule is CN1CCN(CC2=C(c3ccc(-c4ccc(C5=C(CN6CCNCC6)CCC(C)(C)C5)cc4)cc3)CC(C)(C)CC2)CC1. The predicted molar refractivity (Wildman–Crippen MR) is 184 cm³/mol. The van der Waals surface area contributed by atoms with Crippen LogP contribution in [0.1, 0.15) is 77.3 Å². The lowest BCUT2D eigenvalue weighted by atomic mass is 9.72. The second-order valence-corrected chi connectivity index (χ2v) is 15.6. The molecule has 2 aromatic carbocycles. The lowest BCUT2D eigenvalue weighted by Gasteiger charge is -2.38. The molecule has 0 spiro atoms. The Balaban J connectivity index is 1.21. The highest BCUT2D eigenvalue weighted by Crippen LogP contribution is 2.45. The maximum absolute atomic E-state index is 3.51. The van der Waals surface area contributed by atoms with Gasteiger partial charge in [-0.3, -0.25) is 9.80 Å². The fourth-order valence-electron chi connectivity index (χ4n) is 7.77. The van der Waals surface area contributed by atoms with Crippen molar-refractivity contribution in [3.8, 4) is 11.1 Å². The average molecular weight is 581 g/mol. The van der Waals surface area contributed by atoms with Gasteiger partial charge in [-0.1, -0.05) is 87.4 Å². The fourth-order valence-corrected chi connectivity index (χ4v) is 7.77. The summed E-state index contributed by atoms with van der Waals surface area (Å²) in [5.41, 5.74) is 12.8. The fraction of sp³-hybridized carbons (Fsp3) is 0.590. The molecule has 1 N–H and O–H groups in total. The van der Waals surface area contributed by atoms with Crippen molar-refractivity contribution in [2.45, 2.75) is 66.2 Å². The Morgan fingerprint density at radius 3 is 1.40 bits per heavy atom. The molecule has 2 aliphatic heterocycles. The summed E-state index contributed by atoms with van der Waals surface area (Å²) >= 11 is 0. The van der Waals surface area contributed by atoms with Crippen LogP contribution in [0, 0.1) is 10.8 Å². The lowest BCUT2D eigenvalue weighted by molar-refractivity contribution is 0.161. The van der Waals surface area contributed by atoms with Crippen molar-refractivity contribution in [2.24, 2.45) is 10.8 Å². The molecule has 0 amide bonds. The molecule has 2 fully saturated rings. The van der Waals surface area contributed by atoms with Crippen molar-refractivity contribution in [1.82, 2.24) is 20.0 Å². The quantitative estimate of drug-likeness (QED) is 0.368. The highest BCUT2D eigenvalue weighted by Gasteiger charge is 2.30. The van der Waals surface area contributed by atoms with Crippen molar-refractivity contribution in [3.05, 3.63) is 70.8 Å². The van der Waals surface area contributed by atoms with E-state index in [1.54, 1.807) is 22.3 Å². The Morgan fingerprint density at radius 2 is 0.953 bits per heavy atom. The molecular weight excluding hydrogens is 524 g/mol. The number of benzene rings is 2. The number of nitrogens with one attached hydrogen (secondary N) is 1. The number of likely N-dealkylation sites (N-methyl/N-ethyl adjacent to an activating group) is 1. The number of piperazine rings is 2. The first-order valence-electron chi connectivity index (χ1n) is 17.1. The van der Waals surface area contributed by atoms with Crippen LogP contribution in [-0.4, -0.2) is 87.2 Å². The van der Waals surface area contributed by atoms with Gasteiger partial charge in [-0.2, -0.15) is 0 Å². The zero-order valence-corrected chi connectivity index (χ0v) is 27.8. The summed E-state index contributed by atoms with van der Waals surface area (Å²) in [7, 11) is 2.25. The van der Waals surface area contributed by atoms with E-state index in [1.807, 2.05) is 0 Å². The van der Waals surface area contributed by atoms with Crippen LogP contribution in [0.3, 0.4) is 0 Å². The number of hydrogen-bond donors (Lipinski definition) is 1. The van der Waals surface area contributed by atoms with E-state index in [1.165, 1.54) is 100 Å². The minimum atomic E-state index is 0.377. The largest absolute Gasteiger partial charge is 0.314 e. The molecule has 4 aliphatic rings. The number of hydrogen-bond acceptors (Lipinski definition) is 4. The van der Waals surface area contributed by atoms with Gasteiger partial charge >= 0.3 is 0 Å². The van der Waals surface area contributed by atoms with Crippen molar-refractivity contribution in [3.63, 3.8) is 0 Å². The van der Waals surface area contributed by atoms with Crippen LogP contribution in [0.15, 0.2) is 59.7 Å². The van der Waals surface area contributed by atoms with E-state index in [0.717, 1.165) is 26.2 Å². The topological polar surface area (TPSA) is 21.8 Å². The summed E-state index contributed by atoms with van der Waals surface area (Å²) in [6, 6.07) is 19.1. The molecular formula is C39H56N4. The van der Waals surface area contributed by atoms with Crippen LogP contribution in [0.2, 0.25) is 0 Å². The second kappa shape index (κ2) is 13.0. The average Bonchev–Trinajstić information content (AvgIpc) is 3.00. The molecule has 2 aliphatic carbocycles. The molecule has 0 unspecified atom stereocenters. The second-order valence-electron chi connectivity index (χ2n) is 15.6. The molecule has 232 valence electrons. The van der Waals surface area contributed by atoms with Gasteiger partial charge in [-0.05, 0) is 89.8 Å². The van der Waals surface area contributed by atoms with Gasteiger partial charge < -0.3 is 10.2 Å². The normalized spacial score (nSPS) is 24.0. The summed E-state index contributed by atoms with van der Waals surface area (Å²) in [5, 5.41) is 3.51. The van der Waals surface area contributed by atoms with Crippen LogP contribution >= 0.6 is 0 Å². The van der Waals surface area contributed by atoms with Gasteiger partial charge in [0, 0.05) is 65.4 Å². The van der Waals surface area contributed by atoms with Crippen molar-refractivity contribution >= 4 is 11.1 Å². The Hall–Kier alpha value is -2.24. The molecule has 0 aromatic heterocycles. The Morgan fingerprint density at radius 1 is 0.558 bits per heavy atom. The van der Waals surface area contributed by atoms with E-state index in [9.17, 15) is 0 Å². The lowest BCUT2D eigenvalue weighted by Crippen LogP contribution is -2.45. The van der Waals surface area contributed by atoms with Crippen LogP contribution < -0.4 is 5.32 Å². The Bertz CT molecular complexity index is 1300. The molecule has 43 heavy (non-hydrogen) atoms. The van der Waals surface area contributed by atoms with Gasteiger partial charge in [-0.15, -0.1) is 0 Å². The summed E-state index contributed by atoms with van der Waals surface area (Å²) < 4.78 is 0. The number of rotatable bonds is 7. The van der Waals surface area contributed by atoms with E-state index >= 15 is 0 Å². The minimum absolute atomic E-state index is 0.377. The van der Waals surface area contributed by atoms with E-state index in [2.05, 4.69) is 103 Å². The smallest absolute Gasteiger partial charge is 0.0200 e. The zero-order chi connectivity index (χ0) is 30.0. The first kappa shape index (κ1) is 30.8. The third-order valence-electron chi connectivity index (χ3n) is 10.8. The van der Waals surface area contributed by atoms with Crippen LogP contribution in [0.4, 0.5) is 0 Å². The molecule has 0 radical (unpaired) electrons. The van der Waals surface area contributed by atoms with Crippen molar-refractivity contribution in [2.75, 3.05) is 72.5 Å². The van der Waals surface area contributed by atoms with Crippen LogP contribution in [0.5, 0.6) is 0 Å². The third-order valence-corrected chi connectivity index (χ3v) is 10.8.